The van der Waals surface area contributed by atoms with E-state index in [1.165, 1.54) is 0 Å². The van der Waals surface area contributed by atoms with Gasteiger partial charge in [-0.05, 0) is 0 Å². The molecule has 2 aromatic rings. The second-order valence-electron chi connectivity index (χ2n) is 3.66. The van der Waals surface area contributed by atoms with E-state index >= 15 is 0 Å². The summed E-state index contributed by atoms with van der Waals surface area (Å²) < 4.78 is 5.18. The smallest absolute Gasteiger partial charge is 0.116 e. The second-order valence-corrected chi connectivity index (χ2v) is 4.38. The van der Waals surface area contributed by atoms with Crippen molar-refractivity contribution >= 4 is 22.7 Å². The Bertz CT molecular complexity index is 451. The van der Waals surface area contributed by atoms with E-state index in [1.807, 2.05) is 5.51 Å². The van der Waals surface area contributed by atoms with E-state index in [0.29, 0.717) is 0 Å². The number of thiazole rings is 1. The summed E-state index contributed by atoms with van der Waals surface area (Å²) in [5, 5.41) is 5.50. The van der Waals surface area contributed by atoms with Gasteiger partial charge in [0.05, 0.1) is 28.6 Å². The van der Waals surface area contributed by atoms with Crippen LogP contribution < -0.4 is 10.2 Å². The van der Waals surface area contributed by atoms with Gasteiger partial charge in [0, 0.05) is 19.0 Å². The van der Waals surface area contributed by atoms with Crippen LogP contribution >= 0.6 is 11.3 Å². The molecule has 0 saturated carbocycles. The maximum Gasteiger partial charge on any atom is 0.116 e. The van der Waals surface area contributed by atoms with Gasteiger partial charge in [-0.3, -0.25) is 0 Å². The fourth-order valence-electron chi connectivity index (χ4n) is 1.86. The third-order valence-electron chi connectivity index (χ3n) is 2.65. The number of likely N-dealkylation sites (N-methyl/N-ethyl adjacent to an activating group) is 1. The van der Waals surface area contributed by atoms with Crippen molar-refractivity contribution in [3.63, 3.8) is 0 Å². The average Bonchev–Trinajstić information content (AvgIpc) is 2.88. The zero-order chi connectivity index (χ0) is 10.3. The summed E-state index contributed by atoms with van der Waals surface area (Å²) >= 11 is 1.62. The lowest BCUT2D eigenvalue weighted by atomic mass is 10.1. The first-order valence-corrected chi connectivity index (χ1v) is 5.71. The molecule has 0 spiro atoms. The van der Waals surface area contributed by atoms with Crippen molar-refractivity contribution < 1.29 is 4.42 Å². The molecular formula is C10H11N3OS. The van der Waals surface area contributed by atoms with Crippen molar-refractivity contribution in [3.8, 4) is 0 Å². The molecule has 0 amide bonds. The summed E-state index contributed by atoms with van der Waals surface area (Å²) in [4.78, 5) is 6.51. The molecule has 2 aromatic heterocycles. The molecule has 4 nitrogen and oxygen atoms in total. The molecule has 15 heavy (non-hydrogen) atoms. The summed E-state index contributed by atoms with van der Waals surface area (Å²) in [6, 6.07) is 0.256. The number of hydrogen-bond donors (Lipinski definition) is 1. The molecule has 1 aliphatic heterocycles. The Hall–Kier alpha value is -1.49. The first-order chi connectivity index (χ1) is 7.34. The minimum absolute atomic E-state index is 0.256. The molecule has 1 aliphatic rings. The Morgan fingerprint density at radius 3 is 3.33 bits per heavy atom. The van der Waals surface area contributed by atoms with E-state index in [2.05, 4.69) is 27.6 Å². The molecule has 0 radical (unpaired) electrons. The first kappa shape index (κ1) is 8.79. The number of hydrogen-bond acceptors (Lipinski definition) is 5. The van der Waals surface area contributed by atoms with Gasteiger partial charge in [0.1, 0.15) is 12.5 Å². The lowest BCUT2D eigenvalue weighted by molar-refractivity contribution is 0.568. The highest BCUT2D eigenvalue weighted by Gasteiger charge is 2.24. The van der Waals surface area contributed by atoms with E-state index in [4.69, 9.17) is 4.42 Å². The molecule has 3 heterocycles. The van der Waals surface area contributed by atoms with Gasteiger partial charge in [-0.1, -0.05) is 0 Å². The van der Waals surface area contributed by atoms with Crippen molar-refractivity contribution in [2.24, 2.45) is 0 Å². The van der Waals surface area contributed by atoms with Crippen LogP contribution in [0.2, 0.25) is 0 Å². The Morgan fingerprint density at radius 1 is 1.60 bits per heavy atom. The summed E-state index contributed by atoms with van der Waals surface area (Å²) in [6.45, 7) is 0.913. The Morgan fingerprint density at radius 2 is 2.53 bits per heavy atom. The van der Waals surface area contributed by atoms with Crippen LogP contribution in [0.25, 0.3) is 0 Å². The van der Waals surface area contributed by atoms with Gasteiger partial charge >= 0.3 is 0 Å². The van der Waals surface area contributed by atoms with Gasteiger partial charge in [0.25, 0.3) is 0 Å². The number of furan rings is 1. The van der Waals surface area contributed by atoms with Crippen molar-refractivity contribution in [3.05, 3.63) is 29.1 Å². The third kappa shape index (κ3) is 1.39. The van der Waals surface area contributed by atoms with Crippen LogP contribution in [0.5, 0.6) is 0 Å². The van der Waals surface area contributed by atoms with Crippen molar-refractivity contribution in [2.75, 3.05) is 23.8 Å². The molecule has 0 fully saturated rings. The Labute approximate surface area is 91.5 Å². The van der Waals surface area contributed by atoms with Crippen LogP contribution in [0.3, 0.4) is 0 Å². The van der Waals surface area contributed by atoms with Crippen LogP contribution in [0.15, 0.2) is 27.8 Å². The summed E-state index contributed by atoms with van der Waals surface area (Å²) in [7, 11) is 2.06. The van der Waals surface area contributed by atoms with Crippen LogP contribution in [0, 0.1) is 0 Å². The molecule has 0 bridgehead atoms. The monoisotopic (exact) mass is 221 g/mol. The summed E-state index contributed by atoms with van der Waals surface area (Å²) in [6.07, 6.45) is 3.50. The van der Waals surface area contributed by atoms with Crippen molar-refractivity contribution in [1.29, 1.82) is 0 Å². The molecule has 0 aromatic carbocycles. The highest BCUT2D eigenvalue weighted by molar-refractivity contribution is 7.07. The van der Waals surface area contributed by atoms with Crippen LogP contribution in [-0.4, -0.2) is 18.6 Å². The van der Waals surface area contributed by atoms with E-state index in [9.17, 15) is 0 Å². The number of nitrogens with zero attached hydrogens (tertiary/aromatic N) is 2. The number of fused-ring (bicyclic) bond motifs is 1. The molecule has 1 unspecified atom stereocenters. The number of aromatic nitrogens is 1. The molecule has 5 heteroatoms. The molecule has 78 valence electrons. The second kappa shape index (κ2) is 3.27. The Kier molecular flexibility index (Phi) is 1.92. The molecule has 0 aliphatic carbocycles. The molecular weight excluding hydrogens is 210 g/mol. The van der Waals surface area contributed by atoms with Gasteiger partial charge in [-0.2, -0.15) is 0 Å². The maximum atomic E-state index is 5.18. The predicted octanol–water partition coefficient (Wildman–Crippen LogP) is 2.34. The van der Waals surface area contributed by atoms with Crippen LogP contribution in [0.1, 0.15) is 11.7 Å². The fraction of sp³-hybridized carbons (Fsp3) is 0.300. The number of nitrogens with one attached hydrogen (secondary N) is 1. The highest BCUT2D eigenvalue weighted by Crippen LogP contribution is 2.35. The van der Waals surface area contributed by atoms with Crippen molar-refractivity contribution in [2.45, 2.75) is 6.04 Å². The molecule has 1 N–H and O–H groups in total. The predicted molar refractivity (Wildman–Crippen MR) is 60.5 cm³/mol. The van der Waals surface area contributed by atoms with E-state index in [1.54, 1.807) is 23.9 Å². The summed E-state index contributed by atoms with van der Waals surface area (Å²) in [5.74, 6) is 0. The largest absolute Gasteiger partial charge is 0.468 e. The van der Waals surface area contributed by atoms with Crippen LogP contribution in [0.4, 0.5) is 11.4 Å². The van der Waals surface area contributed by atoms with Crippen molar-refractivity contribution in [1.82, 2.24) is 4.98 Å². The minimum Gasteiger partial charge on any atom is -0.468 e. The quantitative estimate of drug-likeness (QED) is 0.802. The topological polar surface area (TPSA) is 41.3 Å². The zero-order valence-electron chi connectivity index (χ0n) is 8.30. The van der Waals surface area contributed by atoms with Gasteiger partial charge in [0.15, 0.2) is 0 Å². The minimum atomic E-state index is 0.256. The third-order valence-corrected chi connectivity index (χ3v) is 3.25. The van der Waals surface area contributed by atoms with Gasteiger partial charge in [-0.25, -0.2) is 4.98 Å². The highest BCUT2D eigenvalue weighted by atomic mass is 32.1. The lowest BCUT2D eigenvalue weighted by Gasteiger charge is -2.31. The van der Waals surface area contributed by atoms with Gasteiger partial charge in [0.2, 0.25) is 0 Å². The maximum absolute atomic E-state index is 5.18. The van der Waals surface area contributed by atoms with Gasteiger partial charge in [-0.15, -0.1) is 11.3 Å². The fourth-order valence-corrected chi connectivity index (χ4v) is 2.47. The van der Waals surface area contributed by atoms with E-state index < -0.39 is 0 Å². The van der Waals surface area contributed by atoms with Crippen LogP contribution in [-0.2, 0) is 0 Å². The van der Waals surface area contributed by atoms with E-state index in [-0.39, 0.29) is 6.04 Å². The molecule has 1 atom stereocenters. The zero-order valence-corrected chi connectivity index (χ0v) is 9.12. The normalized spacial score (nSPS) is 19.8. The number of anilines is 2. The number of rotatable bonds is 1. The summed E-state index contributed by atoms with van der Waals surface area (Å²) in [5.41, 5.74) is 5.11. The standard InChI is InChI=1S/C10H11N3OS/c1-13-2-7(9-5-15-6-11-9)12-8-3-14-4-10(8)13/h3-7,12H,2H2,1H3. The SMILES string of the molecule is CN1CC(c2cscn2)Nc2cocc21. The molecule has 3 rings (SSSR count). The lowest BCUT2D eigenvalue weighted by Crippen LogP contribution is -2.33. The Balaban J connectivity index is 1.93. The first-order valence-electron chi connectivity index (χ1n) is 4.76. The average molecular weight is 221 g/mol. The van der Waals surface area contributed by atoms with E-state index in [0.717, 1.165) is 23.6 Å². The van der Waals surface area contributed by atoms with Gasteiger partial charge < -0.3 is 14.6 Å². The molecule has 0 saturated heterocycles.